The van der Waals surface area contributed by atoms with Gasteiger partial charge in [-0.15, -0.1) is 23.7 Å². The van der Waals surface area contributed by atoms with Gasteiger partial charge in [0, 0.05) is 10.6 Å². The van der Waals surface area contributed by atoms with E-state index in [1.165, 1.54) is 11.2 Å². The van der Waals surface area contributed by atoms with Crippen LogP contribution < -0.4 is 5.32 Å². The molecule has 0 radical (unpaired) electrons. The lowest BCUT2D eigenvalue weighted by Gasteiger charge is -2.06. The van der Waals surface area contributed by atoms with E-state index in [1.807, 2.05) is 13.0 Å². The number of hydrogen-bond donors (Lipinski definition) is 2. The Kier molecular flexibility index (Phi) is 4.40. The van der Waals surface area contributed by atoms with Crippen molar-refractivity contribution in [2.75, 3.05) is 5.32 Å². The first kappa shape index (κ1) is 15.2. The summed E-state index contributed by atoms with van der Waals surface area (Å²) in [5.41, 5.74) is 1.05. The molecule has 0 saturated carbocycles. The Balaban J connectivity index is 0.00000161. The van der Waals surface area contributed by atoms with Crippen molar-refractivity contribution >= 4 is 51.4 Å². The fourth-order valence-electron chi connectivity index (χ4n) is 1.91. The molecule has 0 unspecified atom stereocenters. The molecule has 0 aliphatic heterocycles. The van der Waals surface area contributed by atoms with Gasteiger partial charge in [0.1, 0.15) is 17.0 Å². The Labute approximate surface area is 131 Å². The highest BCUT2D eigenvalue weighted by molar-refractivity contribution is 7.18. The first-order valence-electron chi connectivity index (χ1n) is 5.95. The van der Waals surface area contributed by atoms with E-state index >= 15 is 0 Å². The molecule has 5 nitrogen and oxygen atoms in total. The van der Waals surface area contributed by atoms with E-state index in [0.29, 0.717) is 0 Å². The Hall–Kier alpha value is -2.18. The van der Waals surface area contributed by atoms with E-state index in [2.05, 4.69) is 15.3 Å². The minimum absolute atomic E-state index is 0. The molecule has 0 aliphatic rings. The molecule has 21 heavy (non-hydrogen) atoms. The van der Waals surface area contributed by atoms with Gasteiger partial charge in [0.25, 0.3) is 0 Å². The van der Waals surface area contributed by atoms with E-state index in [1.54, 1.807) is 35.6 Å². The quantitative estimate of drug-likeness (QED) is 0.766. The zero-order chi connectivity index (χ0) is 14.1. The molecule has 0 fully saturated rings. The molecule has 0 atom stereocenters. The van der Waals surface area contributed by atoms with E-state index in [-0.39, 0.29) is 18.0 Å². The van der Waals surface area contributed by atoms with E-state index in [9.17, 15) is 4.79 Å². The first-order valence-corrected chi connectivity index (χ1v) is 6.76. The fraction of sp³-hybridized carbons (Fsp3) is 0.0714. The number of nitrogens with one attached hydrogen (secondary N) is 1. The minimum Gasteiger partial charge on any atom is -0.478 e. The smallest absolute Gasteiger partial charge is 0.335 e. The van der Waals surface area contributed by atoms with Crippen molar-refractivity contribution in [3.63, 3.8) is 0 Å². The van der Waals surface area contributed by atoms with Gasteiger partial charge in [0.05, 0.1) is 10.9 Å². The second-order valence-corrected chi connectivity index (χ2v) is 5.54. The third kappa shape index (κ3) is 3.12. The molecule has 0 aliphatic carbocycles. The van der Waals surface area contributed by atoms with Crippen LogP contribution in [0.3, 0.4) is 0 Å². The maximum atomic E-state index is 10.8. The maximum Gasteiger partial charge on any atom is 0.335 e. The summed E-state index contributed by atoms with van der Waals surface area (Å²) in [6.07, 6.45) is 1.52. The number of hydrogen-bond acceptors (Lipinski definition) is 5. The predicted molar refractivity (Wildman–Crippen MR) is 86.1 cm³/mol. The summed E-state index contributed by atoms with van der Waals surface area (Å²) in [7, 11) is 0. The molecule has 108 valence electrons. The highest BCUT2D eigenvalue weighted by Gasteiger charge is 2.07. The van der Waals surface area contributed by atoms with Crippen LogP contribution in [0.2, 0.25) is 0 Å². The zero-order valence-corrected chi connectivity index (χ0v) is 12.7. The van der Waals surface area contributed by atoms with Crippen LogP contribution in [0.25, 0.3) is 10.2 Å². The Morgan fingerprint density at radius 1 is 1.24 bits per heavy atom. The summed E-state index contributed by atoms with van der Waals surface area (Å²) >= 11 is 1.61. The van der Waals surface area contributed by atoms with Crippen LogP contribution in [0.4, 0.5) is 11.5 Å². The van der Waals surface area contributed by atoms with Crippen molar-refractivity contribution in [3.05, 3.63) is 47.1 Å². The second-order valence-electron chi connectivity index (χ2n) is 4.31. The van der Waals surface area contributed by atoms with Crippen LogP contribution in [0, 0.1) is 6.92 Å². The molecule has 3 aromatic rings. The lowest BCUT2D eigenvalue weighted by molar-refractivity contribution is 0.0697. The van der Waals surface area contributed by atoms with Gasteiger partial charge in [-0.3, -0.25) is 0 Å². The summed E-state index contributed by atoms with van der Waals surface area (Å²) in [5.74, 6) is -0.211. The fourth-order valence-corrected chi connectivity index (χ4v) is 2.76. The molecular formula is C14H12ClN3O2S. The Bertz CT molecular complexity index is 787. The number of rotatable bonds is 3. The first-order chi connectivity index (χ1) is 9.63. The molecule has 2 aromatic heterocycles. The molecule has 2 N–H and O–H groups in total. The van der Waals surface area contributed by atoms with Crippen molar-refractivity contribution < 1.29 is 9.90 Å². The lowest BCUT2D eigenvalue weighted by Crippen LogP contribution is -1.98. The molecule has 2 heterocycles. The molecule has 0 saturated heterocycles. The SMILES string of the molecule is Cc1cc2c(Nc3ccc(C(=O)O)cc3)ncnc2s1.Cl. The number of aromatic carboxylic acids is 1. The number of anilines is 2. The molecular weight excluding hydrogens is 310 g/mol. The topological polar surface area (TPSA) is 75.1 Å². The third-order valence-corrected chi connectivity index (χ3v) is 3.81. The van der Waals surface area contributed by atoms with E-state index in [4.69, 9.17) is 5.11 Å². The van der Waals surface area contributed by atoms with Crippen LogP contribution in [-0.2, 0) is 0 Å². The highest BCUT2D eigenvalue weighted by Crippen LogP contribution is 2.29. The highest BCUT2D eigenvalue weighted by atomic mass is 35.5. The van der Waals surface area contributed by atoms with Crippen molar-refractivity contribution in [3.8, 4) is 0 Å². The monoisotopic (exact) mass is 321 g/mol. The predicted octanol–water partition coefficient (Wildman–Crippen LogP) is 3.86. The second kappa shape index (κ2) is 6.07. The number of aromatic nitrogens is 2. The number of benzene rings is 1. The standard InChI is InChI=1S/C14H11N3O2S.ClH/c1-8-6-11-12(15-7-16-13(11)20-8)17-10-4-2-9(3-5-10)14(18)19;/h2-7H,1H3,(H,18,19)(H,15,16,17);1H. The third-order valence-electron chi connectivity index (χ3n) is 2.85. The molecule has 0 spiro atoms. The van der Waals surface area contributed by atoms with Crippen molar-refractivity contribution in [2.24, 2.45) is 0 Å². The molecule has 1 aromatic carbocycles. The van der Waals surface area contributed by atoms with Crippen LogP contribution in [0.15, 0.2) is 36.7 Å². The van der Waals surface area contributed by atoms with Crippen molar-refractivity contribution in [2.45, 2.75) is 6.92 Å². The van der Waals surface area contributed by atoms with Gasteiger partial charge >= 0.3 is 5.97 Å². The number of thiophene rings is 1. The van der Waals surface area contributed by atoms with E-state index < -0.39 is 5.97 Å². The molecule has 0 bridgehead atoms. The van der Waals surface area contributed by atoms with Gasteiger partial charge in [0.2, 0.25) is 0 Å². The van der Waals surface area contributed by atoms with Crippen molar-refractivity contribution in [1.29, 1.82) is 0 Å². The largest absolute Gasteiger partial charge is 0.478 e. The van der Waals surface area contributed by atoms with Gasteiger partial charge in [-0.2, -0.15) is 0 Å². The number of fused-ring (bicyclic) bond motifs is 1. The van der Waals surface area contributed by atoms with Crippen LogP contribution in [-0.4, -0.2) is 21.0 Å². The lowest BCUT2D eigenvalue weighted by atomic mass is 10.2. The van der Waals surface area contributed by atoms with Gasteiger partial charge in [-0.05, 0) is 37.3 Å². The Morgan fingerprint density at radius 3 is 2.62 bits per heavy atom. The van der Waals surface area contributed by atoms with Gasteiger partial charge in [0.15, 0.2) is 0 Å². The summed E-state index contributed by atoms with van der Waals surface area (Å²) in [6, 6.07) is 8.59. The maximum absolute atomic E-state index is 10.8. The summed E-state index contributed by atoms with van der Waals surface area (Å²) < 4.78 is 0. The average Bonchev–Trinajstić information content (AvgIpc) is 2.81. The van der Waals surface area contributed by atoms with Gasteiger partial charge in [-0.25, -0.2) is 14.8 Å². The average molecular weight is 322 g/mol. The number of halogens is 1. The van der Waals surface area contributed by atoms with Gasteiger partial charge < -0.3 is 10.4 Å². The number of aryl methyl sites for hydroxylation is 1. The summed E-state index contributed by atoms with van der Waals surface area (Å²) in [5, 5.41) is 13.0. The number of carbonyl (C=O) groups is 1. The number of carboxylic acid groups (broad SMARTS) is 1. The normalized spacial score (nSPS) is 10.1. The molecule has 3 rings (SSSR count). The van der Waals surface area contributed by atoms with E-state index in [0.717, 1.165) is 21.7 Å². The zero-order valence-electron chi connectivity index (χ0n) is 11.0. The van der Waals surface area contributed by atoms with Crippen LogP contribution >= 0.6 is 23.7 Å². The Morgan fingerprint density at radius 2 is 1.95 bits per heavy atom. The van der Waals surface area contributed by atoms with Crippen LogP contribution in [0.1, 0.15) is 15.2 Å². The summed E-state index contributed by atoms with van der Waals surface area (Å²) in [6.45, 7) is 2.03. The number of carboxylic acids is 1. The number of nitrogens with zero attached hydrogens (tertiary/aromatic N) is 2. The van der Waals surface area contributed by atoms with Gasteiger partial charge in [-0.1, -0.05) is 0 Å². The summed E-state index contributed by atoms with van der Waals surface area (Å²) in [4.78, 5) is 21.4. The van der Waals surface area contributed by atoms with Crippen molar-refractivity contribution in [1.82, 2.24) is 9.97 Å². The van der Waals surface area contributed by atoms with Crippen LogP contribution in [0.5, 0.6) is 0 Å². The minimum atomic E-state index is -0.936. The molecule has 0 amide bonds. The molecule has 7 heteroatoms.